The Morgan fingerprint density at radius 1 is 1.21 bits per heavy atom. The molecule has 0 aliphatic heterocycles. The number of amides is 1. The van der Waals surface area contributed by atoms with Crippen molar-refractivity contribution in [2.24, 2.45) is 11.8 Å². The molecule has 0 aromatic heterocycles. The molecule has 0 heterocycles. The molecule has 2 aromatic carbocycles. The summed E-state index contributed by atoms with van der Waals surface area (Å²) < 4.78 is 5.43. The molecule has 154 valence electrons. The van der Waals surface area contributed by atoms with Gasteiger partial charge in [0, 0.05) is 12.5 Å². The highest BCUT2D eigenvalue weighted by atomic mass is 16.5. The Labute approximate surface area is 172 Å². The van der Waals surface area contributed by atoms with E-state index in [2.05, 4.69) is 5.32 Å². The molecular formula is C24H28NO4-. The van der Waals surface area contributed by atoms with Gasteiger partial charge in [-0.25, -0.2) is 0 Å². The molecule has 29 heavy (non-hydrogen) atoms. The molecule has 2 aromatic rings. The molecule has 0 spiro atoms. The van der Waals surface area contributed by atoms with Crippen molar-refractivity contribution in [2.75, 3.05) is 6.61 Å². The number of hydrogen-bond acceptors (Lipinski definition) is 4. The minimum absolute atomic E-state index is 0.0704. The highest BCUT2D eigenvalue weighted by Crippen LogP contribution is 2.37. The topological polar surface area (TPSA) is 78.5 Å². The summed E-state index contributed by atoms with van der Waals surface area (Å²) in [5, 5.41) is 13.8. The van der Waals surface area contributed by atoms with Gasteiger partial charge in [-0.3, -0.25) is 4.79 Å². The molecule has 1 aliphatic carbocycles. The van der Waals surface area contributed by atoms with E-state index in [1.807, 2.05) is 57.2 Å². The number of rotatable bonds is 7. The van der Waals surface area contributed by atoms with Crippen molar-refractivity contribution >= 4 is 11.9 Å². The predicted molar refractivity (Wildman–Crippen MR) is 109 cm³/mol. The summed E-state index contributed by atoms with van der Waals surface area (Å²) in [6.07, 6.45) is 2.68. The average molecular weight is 394 g/mol. The van der Waals surface area contributed by atoms with E-state index in [0.29, 0.717) is 12.3 Å². The highest BCUT2D eigenvalue weighted by molar-refractivity contribution is 5.78. The maximum absolute atomic E-state index is 12.7. The average Bonchev–Trinajstić information content (AvgIpc) is 2.73. The molecule has 0 saturated carbocycles. The lowest BCUT2D eigenvalue weighted by atomic mass is 9.74. The monoisotopic (exact) mass is 394 g/mol. The summed E-state index contributed by atoms with van der Waals surface area (Å²) >= 11 is 0. The zero-order valence-electron chi connectivity index (χ0n) is 17.3. The van der Waals surface area contributed by atoms with Crippen LogP contribution in [-0.2, 0) is 29.0 Å². The van der Waals surface area contributed by atoms with E-state index in [1.54, 1.807) is 0 Å². The molecule has 1 N–H and O–H groups in total. The van der Waals surface area contributed by atoms with Crippen LogP contribution in [0.15, 0.2) is 36.4 Å². The van der Waals surface area contributed by atoms with Crippen LogP contribution in [0, 0.1) is 25.7 Å². The SMILES string of the molecule is Cc1cc(OCC(=O)[O-])c(C)c2c1CC[C@@H]([C@H](C)C(=O)NCc1ccccc1)C2. The van der Waals surface area contributed by atoms with Gasteiger partial charge in [0.1, 0.15) is 12.4 Å². The maximum Gasteiger partial charge on any atom is 0.223 e. The Bertz CT molecular complexity index is 891. The number of carbonyl (C=O) groups is 2. The number of carbonyl (C=O) groups excluding carboxylic acids is 2. The van der Waals surface area contributed by atoms with Crippen LogP contribution in [0.3, 0.4) is 0 Å². The van der Waals surface area contributed by atoms with Crippen LogP contribution in [0.4, 0.5) is 0 Å². The predicted octanol–water partition coefficient (Wildman–Crippen LogP) is 2.49. The number of carboxylic acid groups (broad SMARTS) is 1. The number of aliphatic carboxylic acids is 1. The van der Waals surface area contributed by atoms with Crippen LogP contribution < -0.4 is 15.2 Å². The van der Waals surface area contributed by atoms with E-state index in [0.717, 1.165) is 36.0 Å². The smallest absolute Gasteiger partial charge is 0.223 e. The first kappa shape index (κ1) is 20.9. The Kier molecular flexibility index (Phi) is 6.57. The number of fused-ring (bicyclic) bond motifs is 1. The first-order valence-electron chi connectivity index (χ1n) is 10.1. The highest BCUT2D eigenvalue weighted by Gasteiger charge is 2.30. The van der Waals surface area contributed by atoms with Crippen LogP contribution in [0.25, 0.3) is 0 Å². The fraction of sp³-hybridized carbons (Fsp3) is 0.417. The third-order valence-corrected chi connectivity index (χ3v) is 6.02. The van der Waals surface area contributed by atoms with Gasteiger partial charge in [0.15, 0.2) is 0 Å². The maximum atomic E-state index is 12.7. The number of ether oxygens (including phenoxy) is 1. The lowest BCUT2D eigenvalue weighted by Crippen LogP contribution is -2.35. The van der Waals surface area contributed by atoms with Crippen molar-refractivity contribution in [1.29, 1.82) is 0 Å². The van der Waals surface area contributed by atoms with E-state index in [4.69, 9.17) is 4.74 Å². The summed E-state index contributed by atoms with van der Waals surface area (Å²) in [5.74, 6) is -0.429. The van der Waals surface area contributed by atoms with Crippen molar-refractivity contribution in [2.45, 2.75) is 46.6 Å². The van der Waals surface area contributed by atoms with Crippen molar-refractivity contribution in [3.8, 4) is 5.75 Å². The molecule has 0 saturated heterocycles. The fourth-order valence-corrected chi connectivity index (χ4v) is 4.20. The molecule has 3 rings (SSSR count). The summed E-state index contributed by atoms with van der Waals surface area (Å²) in [5.41, 5.74) is 5.66. The number of hydrogen-bond donors (Lipinski definition) is 1. The fourth-order valence-electron chi connectivity index (χ4n) is 4.20. The minimum Gasteiger partial charge on any atom is -0.546 e. The van der Waals surface area contributed by atoms with Crippen LogP contribution in [0.2, 0.25) is 0 Å². The third-order valence-electron chi connectivity index (χ3n) is 6.02. The largest absolute Gasteiger partial charge is 0.546 e. The van der Waals surface area contributed by atoms with Gasteiger partial charge in [-0.15, -0.1) is 0 Å². The first-order valence-corrected chi connectivity index (χ1v) is 10.1. The Balaban J connectivity index is 1.70. The first-order chi connectivity index (χ1) is 13.9. The number of nitrogens with one attached hydrogen (secondary N) is 1. The molecular weight excluding hydrogens is 366 g/mol. The molecule has 5 nitrogen and oxygen atoms in total. The Morgan fingerprint density at radius 2 is 1.93 bits per heavy atom. The van der Waals surface area contributed by atoms with E-state index < -0.39 is 12.6 Å². The molecule has 0 radical (unpaired) electrons. The van der Waals surface area contributed by atoms with Gasteiger partial charge < -0.3 is 20.0 Å². The zero-order chi connectivity index (χ0) is 21.0. The standard InChI is InChI=1S/C24H29NO4/c1-15-11-22(29-14-23(26)27)17(3)21-12-19(9-10-20(15)21)16(2)24(28)25-13-18-7-5-4-6-8-18/h4-8,11,16,19H,9-10,12-14H2,1-3H3,(H,25,28)(H,26,27)/p-1/t16-,19+/m0/s1. The van der Waals surface area contributed by atoms with Gasteiger partial charge in [0.25, 0.3) is 0 Å². The lowest BCUT2D eigenvalue weighted by Gasteiger charge is -2.31. The summed E-state index contributed by atoms with van der Waals surface area (Å²) in [7, 11) is 0. The van der Waals surface area contributed by atoms with Crippen LogP contribution in [0.5, 0.6) is 5.75 Å². The molecule has 5 heteroatoms. The second kappa shape index (κ2) is 9.12. The minimum atomic E-state index is -1.23. The van der Waals surface area contributed by atoms with E-state index >= 15 is 0 Å². The number of aryl methyl sites for hydroxylation is 1. The second-order valence-electron chi connectivity index (χ2n) is 7.93. The van der Waals surface area contributed by atoms with Gasteiger partial charge in [-0.05, 0) is 72.9 Å². The Hall–Kier alpha value is -2.82. The van der Waals surface area contributed by atoms with Crippen LogP contribution >= 0.6 is 0 Å². The summed E-state index contributed by atoms with van der Waals surface area (Å²) in [4.78, 5) is 23.5. The summed E-state index contributed by atoms with van der Waals surface area (Å²) in [6, 6.07) is 11.8. The number of benzene rings is 2. The van der Waals surface area contributed by atoms with Crippen molar-refractivity contribution in [3.05, 3.63) is 64.2 Å². The van der Waals surface area contributed by atoms with Gasteiger partial charge in [0.2, 0.25) is 5.91 Å². The lowest BCUT2D eigenvalue weighted by molar-refractivity contribution is -0.307. The number of carboxylic acids is 1. The molecule has 1 aliphatic rings. The molecule has 1 amide bonds. The van der Waals surface area contributed by atoms with Gasteiger partial charge in [0.05, 0.1) is 5.97 Å². The van der Waals surface area contributed by atoms with Crippen LogP contribution in [0.1, 0.15) is 41.2 Å². The molecule has 0 fully saturated rings. The summed E-state index contributed by atoms with van der Waals surface area (Å²) in [6.45, 7) is 6.06. The molecule has 0 bridgehead atoms. The van der Waals surface area contributed by atoms with Crippen LogP contribution in [-0.4, -0.2) is 18.5 Å². The van der Waals surface area contributed by atoms with E-state index in [9.17, 15) is 14.7 Å². The normalized spacial score (nSPS) is 16.6. The quantitative estimate of drug-likeness (QED) is 0.783. The van der Waals surface area contributed by atoms with E-state index in [-0.39, 0.29) is 17.7 Å². The van der Waals surface area contributed by atoms with Crippen molar-refractivity contribution < 1.29 is 19.4 Å². The third kappa shape index (κ3) is 4.97. The molecule has 2 atom stereocenters. The van der Waals surface area contributed by atoms with Crippen molar-refractivity contribution in [3.63, 3.8) is 0 Å². The molecule has 0 unspecified atom stereocenters. The van der Waals surface area contributed by atoms with Crippen molar-refractivity contribution in [1.82, 2.24) is 5.32 Å². The second-order valence-corrected chi connectivity index (χ2v) is 7.93. The zero-order valence-corrected chi connectivity index (χ0v) is 17.3. The van der Waals surface area contributed by atoms with Gasteiger partial charge in [-0.1, -0.05) is 37.3 Å². The van der Waals surface area contributed by atoms with Gasteiger partial charge >= 0.3 is 0 Å². The van der Waals surface area contributed by atoms with Gasteiger partial charge in [-0.2, -0.15) is 0 Å². The van der Waals surface area contributed by atoms with E-state index in [1.165, 1.54) is 11.1 Å². The Morgan fingerprint density at radius 3 is 2.62 bits per heavy atom.